The van der Waals surface area contributed by atoms with Gasteiger partial charge in [-0.25, -0.2) is 0 Å². The van der Waals surface area contributed by atoms with Gasteiger partial charge in [0.2, 0.25) is 13.4 Å². The van der Waals surface area contributed by atoms with Gasteiger partial charge in [-0.2, -0.15) is 0 Å². The van der Waals surface area contributed by atoms with Crippen molar-refractivity contribution in [3.05, 3.63) is 168 Å². The second kappa shape index (κ2) is 10.00. The predicted molar refractivity (Wildman–Crippen MR) is 191 cm³/mol. The van der Waals surface area contributed by atoms with Gasteiger partial charge in [0.1, 0.15) is 0 Å². The summed E-state index contributed by atoms with van der Waals surface area (Å²) in [6.07, 6.45) is 0. The first-order valence-corrected chi connectivity index (χ1v) is 15.9. The Morgan fingerprint density at radius 3 is 0.818 bits per heavy atom. The van der Waals surface area contributed by atoms with E-state index in [1.165, 1.54) is 66.2 Å². The summed E-state index contributed by atoms with van der Waals surface area (Å²) < 4.78 is 0. The topological polar surface area (TPSA) is 0 Å². The molecule has 8 rings (SSSR count). The summed E-state index contributed by atoms with van der Waals surface area (Å²) in [5.74, 6) is 0. The molecule has 6 aromatic carbocycles. The molecule has 2 heteroatoms. The average Bonchev–Trinajstić information content (AvgIpc) is 3.06. The Kier molecular flexibility index (Phi) is 6.14. The van der Waals surface area contributed by atoms with Crippen molar-refractivity contribution in [2.24, 2.45) is 0 Å². The molecule has 2 heterocycles. The summed E-state index contributed by atoms with van der Waals surface area (Å²) in [7, 11) is 0. The molecular formula is C42H36B2. The van der Waals surface area contributed by atoms with Gasteiger partial charge in [0.05, 0.1) is 0 Å². The number of hydrogen-bond donors (Lipinski definition) is 0. The van der Waals surface area contributed by atoms with Crippen molar-refractivity contribution >= 4 is 46.2 Å². The lowest BCUT2D eigenvalue weighted by molar-refractivity contribution is 0.646. The maximum absolute atomic E-state index is 2.38. The van der Waals surface area contributed by atoms with Crippen LogP contribution in [0.4, 0.5) is 0 Å². The van der Waals surface area contributed by atoms with Crippen LogP contribution in [0.5, 0.6) is 0 Å². The standard InChI is InChI=1S/C42H36B2/c1-41(2)31-19-7-13-25-37(31)43(38-26-14-8-20-32(38)41)35-23-11-5-17-29(35)30-18-6-12-24-36(30)44-39-27-15-9-21-33(39)42(3,4)34-22-10-16-28-40(34)44/h5-28H,1-4H3. The highest BCUT2D eigenvalue weighted by Crippen LogP contribution is 2.35. The van der Waals surface area contributed by atoms with Crippen LogP contribution in [-0.2, 0) is 10.8 Å². The molecule has 0 N–H and O–H groups in total. The van der Waals surface area contributed by atoms with E-state index in [1.807, 2.05) is 0 Å². The Bertz CT molecular complexity index is 1800. The van der Waals surface area contributed by atoms with Crippen molar-refractivity contribution in [3.8, 4) is 11.1 Å². The zero-order valence-corrected chi connectivity index (χ0v) is 26.0. The molecular weight excluding hydrogens is 526 g/mol. The van der Waals surface area contributed by atoms with Crippen LogP contribution in [0.2, 0.25) is 0 Å². The van der Waals surface area contributed by atoms with Crippen molar-refractivity contribution < 1.29 is 0 Å². The van der Waals surface area contributed by atoms with Gasteiger partial charge in [-0.3, -0.25) is 0 Å². The van der Waals surface area contributed by atoms with Crippen molar-refractivity contribution in [3.63, 3.8) is 0 Å². The quantitative estimate of drug-likeness (QED) is 0.244. The Labute approximate surface area is 263 Å². The molecule has 0 atom stereocenters. The zero-order chi connectivity index (χ0) is 30.1. The van der Waals surface area contributed by atoms with Crippen LogP contribution in [0.3, 0.4) is 0 Å². The van der Waals surface area contributed by atoms with Gasteiger partial charge in [0.25, 0.3) is 0 Å². The van der Waals surface area contributed by atoms with Crippen LogP contribution in [0.1, 0.15) is 49.9 Å². The average molecular weight is 562 g/mol. The SMILES string of the molecule is CC1(C)c2ccccc2B(c2ccccc2-c2ccccc2B2c3ccccc3C(C)(C)c3ccccc32)c2ccccc21. The Balaban J connectivity index is 1.38. The Morgan fingerprint density at radius 2 is 0.523 bits per heavy atom. The van der Waals surface area contributed by atoms with E-state index in [0.29, 0.717) is 0 Å². The van der Waals surface area contributed by atoms with Gasteiger partial charge < -0.3 is 0 Å². The molecule has 2 aliphatic rings. The van der Waals surface area contributed by atoms with E-state index in [2.05, 4.69) is 173 Å². The molecule has 44 heavy (non-hydrogen) atoms. The molecule has 0 nitrogen and oxygen atoms in total. The minimum atomic E-state index is -0.0567. The lowest BCUT2D eigenvalue weighted by atomic mass is 9.29. The number of benzene rings is 6. The van der Waals surface area contributed by atoms with Crippen LogP contribution >= 0.6 is 0 Å². The van der Waals surface area contributed by atoms with Gasteiger partial charge in [-0.05, 0) is 33.4 Å². The van der Waals surface area contributed by atoms with Crippen LogP contribution in [0, 0.1) is 0 Å². The first kappa shape index (κ1) is 27.0. The molecule has 0 aromatic heterocycles. The Hall–Kier alpha value is -4.55. The largest absolute Gasteiger partial charge is 0.242 e. The van der Waals surface area contributed by atoms with Gasteiger partial charge >= 0.3 is 0 Å². The fraction of sp³-hybridized carbons (Fsp3) is 0.143. The lowest BCUT2D eigenvalue weighted by Crippen LogP contribution is -2.62. The fourth-order valence-electron chi connectivity index (χ4n) is 8.56. The molecule has 0 spiro atoms. The monoisotopic (exact) mass is 562 g/mol. The molecule has 2 aliphatic heterocycles. The minimum absolute atomic E-state index is 0.0567. The molecule has 0 bridgehead atoms. The van der Waals surface area contributed by atoms with Crippen molar-refractivity contribution in [2.75, 3.05) is 0 Å². The highest BCUT2D eigenvalue weighted by Gasteiger charge is 2.42. The first-order chi connectivity index (χ1) is 21.4. The zero-order valence-electron chi connectivity index (χ0n) is 26.0. The molecule has 0 fully saturated rings. The minimum Gasteiger partial charge on any atom is -0.0667 e. The van der Waals surface area contributed by atoms with E-state index in [1.54, 1.807) is 0 Å². The molecule has 0 amide bonds. The maximum Gasteiger partial charge on any atom is 0.242 e. The molecule has 0 aliphatic carbocycles. The summed E-state index contributed by atoms with van der Waals surface area (Å²) in [4.78, 5) is 0. The Morgan fingerprint density at radius 1 is 0.295 bits per heavy atom. The third-order valence-electron chi connectivity index (χ3n) is 10.6. The lowest BCUT2D eigenvalue weighted by Gasteiger charge is -2.40. The second-order valence-corrected chi connectivity index (χ2v) is 13.6. The number of hydrogen-bond acceptors (Lipinski definition) is 0. The van der Waals surface area contributed by atoms with E-state index in [4.69, 9.17) is 0 Å². The third kappa shape index (κ3) is 3.87. The van der Waals surface area contributed by atoms with Crippen LogP contribution in [-0.4, -0.2) is 13.4 Å². The summed E-state index contributed by atoms with van der Waals surface area (Å²) in [5.41, 5.74) is 16.6. The van der Waals surface area contributed by atoms with Crippen molar-refractivity contribution in [1.82, 2.24) is 0 Å². The third-order valence-corrected chi connectivity index (χ3v) is 10.6. The summed E-state index contributed by atoms with van der Waals surface area (Å²) >= 11 is 0. The summed E-state index contributed by atoms with van der Waals surface area (Å²) in [6.45, 7) is 9.82. The predicted octanol–water partition coefficient (Wildman–Crippen LogP) is 5.66. The highest BCUT2D eigenvalue weighted by molar-refractivity contribution is 6.99. The smallest absolute Gasteiger partial charge is 0.0667 e. The van der Waals surface area contributed by atoms with E-state index < -0.39 is 0 Å². The van der Waals surface area contributed by atoms with Crippen LogP contribution in [0.25, 0.3) is 11.1 Å². The van der Waals surface area contributed by atoms with Crippen LogP contribution in [0.15, 0.2) is 146 Å². The second-order valence-electron chi connectivity index (χ2n) is 13.6. The number of rotatable bonds is 3. The van der Waals surface area contributed by atoms with Gasteiger partial charge in [0, 0.05) is 10.8 Å². The van der Waals surface area contributed by atoms with Gasteiger partial charge in [0.15, 0.2) is 0 Å². The molecule has 0 saturated heterocycles. The fourth-order valence-corrected chi connectivity index (χ4v) is 8.56. The molecule has 0 unspecified atom stereocenters. The van der Waals surface area contributed by atoms with Gasteiger partial charge in [-0.1, -0.05) is 206 Å². The normalized spacial score (nSPS) is 15.5. The molecule has 0 saturated carbocycles. The molecule has 6 aromatic rings. The van der Waals surface area contributed by atoms with E-state index >= 15 is 0 Å². The highest BCUT2D eigenvalue weighted by atomic mass is 14.3. The van der Waals surface area contributed by atoms with E-state index in [9.17, 15) is 0 Å². The summed E-state index contributed by atoms with van der Waals surface area (Å²) in [5, 5.41) is 0. The maximum atomic E-state index is 2.38. The number of fused-ring (bicyclic) bond motifs is 4. The molecule has 210 valence electrons. The van der Waals surface area contributed by atoms with Crippen molar-refractivity contribution in [2.45, 2.75) is 38.5 Å². The molecule has 0 radical (unpaired) electrons. The van der Waals surface area contributed by atoms with Crippen molar-refractivity contribution in [1.29, 1.82) is 0 Å². The van der Waals surface area contributed by atoms with E-state index in [0.717, 1.165) is 0 Å². The van der Waals surface area contributed by atoms with E-state index in [-0.39, 0.29) is 24.3 Å². The van der Waals surface area contributed by atoms with Gasteiger partial charge in [-0.15, -0.1) is 0 Å². The van der Waals surface area contributed by atoms with Crippen LogP contribution < -0.4 is 32.8 Å². The summed E-state index contributed by atoms with van der Waals surface area (Å²) in [6, 6.07) is 54.8. The first-order valence-electron chi connectivity index (χ1n) is 15.9.